The molecule has 0 aromatic heterocycles. The zero-order chi connectivity index (χ0) is 73.2. The molecule has 27 heteroatoms. The summed E-state index contributed by atoms with van der Waals surface area (Å²) in [5.41, 5.74) is 48.3. The second-order valence-electron chi connectivity index (χ2n) is 20.5. The van der Waals surface area contributed by atoms with Crippen LogP contribution in [-0.2, 0) is 82.9 Å². The molecule has 526 valence electrons. The highest BCUT2D eigenvalue weighted by molar-refractivity contribution is 5.76. The van der Waals surface area contributed by atoms with Gasteiger partial charge in [0.05, 0.1) is 0 Å². The van der Waals surface area contributed by atoms with Gasteiger partial charge < -0.3 is 109 Å². The van der Waals surface area contributed by atoms with Gasteiger partial charge in [-0.3, -0.25) is 0 Å². The van der Waals surface area contributed by atoms with Gasteiger partial charge in [0.1, 0.15) is 11.9 Å². The van der Waals surface area contributed by atoms with E-state index in [9.17, 15) is 33.9 Å². The predicted octanol–water partition coefficient (Wildman–Crippen LogP) is 8.27. The van der Waals surface area contributed by atoms with Crippen LogP contribution in [0.25, 0.3) is 0 Å². The predicted molar refractivity (Wildman–Crippen MR) is 370 cm³/mol. The molecule has 0 aliphatic carbocycles. The largest absolute Gasteiger partial charge is 0.510 e. The van der Waals surface area contributed by atoms with Crippen molar-refractivity contribution in [2.45, 2.75) is 89.2 Å². The molecule has 0 aliphatic rings. The quantitative estimate of drug-likeness (QED) is 0.0170. The van der Waals surface area contributed by atoms with Crippen molar-refractivity contribution in [3.8, 4) is 0 Å². The van der Waals surface area contributed by atoms with E-state index in [1.165, 1.54) is 14.2 Å². The SMILES string of the molecule is C=C(O)C(Cc1cccc(N)c1)OC.CCOC(C(=O)O)c1ccc(N)cc1.CCOC(C(=O)O)c1cccc(N)c1.CCOC(Cc1cccc(N)c1)C(=O)O.COC(C(=O)O)c1ccc(N)cc1.COC(Cc1ccc(N)cc1)C(=O)O.Nc1cccc(CC(O)C(=O)O)c1. The van der Waals surface area contributed by atoms with E-state index < -0.39 is 72.4 Å². The highest BCUT2D eigenvalue weighted by atomic mass is 16.5. The maximum atomic E-state index is 10.8. The normalized spacial score (nSPS) is 12.4. The first-order valence-corrected chi connectivity index (χ1v) is 29.7. The topological polar surface area (TPSA) is 502 Å². The van der Waals surface area contributed by atoms with Crippen molar-refractivity contribution in [2.75, 3.05) is 81.3 Å². The molecule has 7 aromatic rings. The van der Waals surface area contributed by atoms with Crippen molar-refractivity contribution in [1.29, 1.82) is 0 Å². The summed E-state index contributed by atoms with van der Waals surface area (Å²) in [5.74, 6) is -6.08. The molecule has 0 bridgehead atoms. The summed E-state index contributed by atoms with van der Waals surface area (Å²) < 4.78 is 30.0. The van der Waals surface area contributed by atoms with Crippen LogP contribution in [0.3, 0.4) is 0 Å². The van der Waals surface area contributed by atoms with Crippen LogP contribution in [0, 0.1) is 0 Å². The van der Waals surface area contributed by atoms with E-state index in [-0.39, 0.29) is 18.3 Å². The number of aliphatic hydroxyl groups is 2. The van der Waals surface area contributed by atoms with Crippen LogP contribution in [-0.4, -0.2) is 142 Å². The maximum Gasteiger partial charge on any atom is 0.337 e. The number of aliphatic carboxylic acids is 6. The van der Waals surface area contributed by atoms with Crippen LogP contribution < -0.4 is 40.1 Å². The fourth-order valence-electron chi connectivity index (χ4n) is 8.19. The Morgan fingerprint density at radius 1 is 0.340 bits per heavy atom. The first-order valence-electron chi connectivity index (χ1n) is 29.7. The van der Waals surface area contributed by atoms with Crippen molar-refractivity contribution in [1.82, 2.24) is 0 Å². The number of aliphatic hydroxyl groups excluding tert-OH is 2. The minimum absolute atomic E-state index is 0.0370. The average molecular weight is 1350 g/mol. The van der Waals surface area contributed by atoms with E-state index in [1.807, 2.05) is 30.3 Å². The molecule has 0 heterocycles. The van der Waals surface area contributed by atoms with Gasteiger partial charge in [-0.05, 0) is 145 Å². The second kappa shape index (κ2) is 46.3. The summed E-state index contributed by atoms with van der Waals surface area (Å²) in [6.07, 6.45) is -4.70. The smallest absolute Gasteiger partial charge is 0.337 e. The minimum Gasteiger partial charge on any atom is -0.510 e. The molecule has 7 rings (SSSR count). The van der Waals surface area contributed by atoms with Crippen LogP contribution in [0.5, 0.6) is 0 Å². The van der Waals surface area contributed by atoms with Crippen molar-refractivity contribution in [2.24, 2.45) is 0 Å². The number of methoxy groups -OCH3 is 3. The summed E-state index contributed by atoms with van der Waals surface area (Å²) in [6, 6.07) is 48.4. The Balaban J connectivity index is 0.000000566. The fourth-order valence-corrected chi connectivity index (χ4v) is 8.19. The molecular formula is C70H91N7O20. The molecule has 7 atom stereocenters. The van der Waals surface area contributed by atoms with E-state index in [1.54, 1.807) is 167 Å². The number of hydrogen-bond donors (Lipinski definition) is 15. The molecule has 0 spiro atoms. The monoisotopic (exact) mass is 1350 g/mol. The molecule has 7 aromatic carbocycles. The number of benzene rings is 7. The van der Waals surface area contributed by atoms with Gasteiger partial charge in [-0.2, -0.15) is 0 Å². The fraction of sp³-hybridized carbons (Fsp3) is 0.286. The lowest BCUT2D eigenvalue weighted by Crippen LogP contribution is -2.26. The Labute approximate surface area is 563 Å². The molecule has 22 N–H and O–H groups in total. The van der Waals surface area contributed by atoms with Crippen LogP contribution in [0.1, 0.15) is 78.0 Å². The van der Waals surface area contributed by atoms with Gasteiger partial charge in [-0.1, -0.05) is 91.5 Å². The van der Waals surface area contributed by atoms with Crippen LogP contribution in [0.4, 0.5) is 39.8 Å². The van der Waals surface area contributed by atoms with Gasteiger partial charge in [0.25, 0.3) is 0 Å². The maximum absolute atomic E-state index is 10.8. The van der Waals surface area contributed by atoms with Gasteiger partial charge in [-0.25, -0.2) is 28.8 Å². The molecule has 27 nitrogen and oxygen atoms in total. The molecule has 97 heavy (non-hydrogen) atoms. The van der Waals surface area contributed by atoms with Crippen molar-refractivity contribution in [3.63, 3.8) is 0 Å². The lowest BCUT2D eigenvalue weighted by atomic mass is 10.1. The van der Waals surface area contributed by atoms with E-state index in [0.717, 1.165) is 22.3 Å². The standard InChI is InChI=1S/C11H15NO3.C11H15NO2.3C10H13NO3.2C9H11NO3/c1-2-15-10(11(13)14)7-8-4-3-5-9(12)6-8;1-8(13)11(14-2)7-9-4-3-5-10(12)6-9;1-14-9(10(12)13)6-7-2-4-8(11)5-3-7;1-2-14-9(10(12)13)7-3-5-8(11)6-4-7;1-2-14-9(10(12)13)7-4-3-5-8(11)6-7;1-13-8(9(11)12)6-2-4-7(10)5-3-6;10-7-3-1-2-6(4-7)5-8(11)9(12)13/h3-6,10H,2,7,12H2,1H3,(H,13,14);3-6,11,13H,1,7,12H2,2H3;2-5,9H,6,11H2,1H3,(H,12,13);2*3-6,9H,2,11H2,1H3,(H,12,13);2-5,8H,10H2,1H3,(H,11,12);1-4,8,11H,5,10H2,(H,12,13). The zero-order valence-electron chi connectivity index (χ0n) is 54.9. The van der Waals surface area contributed by atoms with Crippen molar-refractivity contribution >= 4 is 75.6 Å². The Morgan fingerprint density at radius 3 is 0.990 bits per heavy atom. The van der Waals surface area contributed by atoms with Crippen LogP contribution in [0.15, 0.2) is 182 Å². The molecule has 0 saturated carbocycles. The van der Waals surface area contributed by atoms with E-state index >= 15 is 0 Å². The number of rotatable bonds is 27. The number of ether oxygens (including phenoxy) is 6. The molecule has 0 radical (unpaired) electrons. The molecule has 0 aliphatic heterocycles. The highest BCUT2D eigenvalue weighted by Crippen LogP contribution is 2.22. The third-order valence-corrected chi connectivity index (χ3v) is 12.9. The van der Waals surface area contributed by atoms with E-state index in [2.05, 4.69) is 6.58 Å². The van der Waals surface area contributed by atoms with Gasteiger partial charge >= 0.3 is 35.8 Å². The Bertz CT molecular complexity index is 3490. The highest BCUT2D eigenvalue weighted by Gasteiger charge is 2.23. The zero-order valence-corrected chi connectivity index (χ0v) is 54.9. The third-order valence-electron chi connectivity index (χ3n) is 12.9. The first kappa shape index (κ1) is 84.2. The summed E-state index contributed by atoms with van der Waals surface area (Å²) >= 11 is 0. The third kappa shape index (κ3) is 34.8. The lowest BCUT2D eigenvalue weighted by Gasteiger charge is -2.13. The number of hydrogen-bond acceptors (Lipinski definition) is 21. The van der Waals surface area contributed by atoms with E-state index in [4.69, 9.17) is 104 Å². The van der Waals surface area contributed by atoms with E-state index in [0.29, 0.717) is 95.6 Å². The molecule has 0 fully saturated rings. The lowest BCUT2D eigenvalue weighted by molar-refractivity contribution is -0.151. The van der Waals surface area contributed by atoms with Crippen LogP contribution in [0.2, 0.25) is 0 Å². The second-order valence-corrected chi connectivity index (χ2v) is 20.5. The number of nitrogen functional groups attached to an aromatic ring is 7. The summed E-state index contributed by atoms with van der Waals surface area (Å²) in [7, 11) is 4.28. The first-order chi connectivity index (χ1) is 45.9. The number of carboxylic acid groups (broad SMARTS) is 6. The number of carboxylic acids is 6. The summed E-state index contributed by atoms with van der Waals surface area (Å²) in [5, 5.41) is 70.8. The molecular weight excluding hydrogens is 1260 g/mol. The molecule has 0 saturated heterocycles. The van der Waals surface area contributed by atoms with Gasteiger partial charge in [0.15, 0.2) is 36.6 Å². The summed E-state index contributed by atoms with van der Waals surface area (Å²) in [6.45, 7) is 9.83. The van der Waals surface area contributed by atoms with Gasteiger partial charge in [0, 0.05) is 107 Å². The molecule has 0 amide bonds. The Kier molecular flexibility index (Phi) is 40.2. The Morgan fingerprint density at radius 2 is 0.670 bits per heavy atom. The average Bonchev–Trinajstić information content (AvgIpc) is 0.968. The minimum atomic E-state index is -1.36. The van der Waals surface area contributed by atoms with Crippen molar-refractivity contribution in [3.05, 3.63) is 221 Å². The summed E-state index contributed by atoms with van der Waals surface area (Å²) in [4.78, 5) is 64.1. The number of anilines is 7. The van der Waals surface area contributed by atoms with Gasteiger partial charge in [-0.15, -0.1) is 0 Å². The molecule has 7 unspecified atom stereocenters. The Hall–Kier alpha value is -10.8. The number of nitrogens with two attached hydrogens (primary N) is 7. The van der Waals surface area contributed by atoms with Crippen LogP contribution >= 0.6 is 0 Å². The van der Waals surface area contributed by atoms with Gasteiger partial charge in [0.2, 0.25) is 0 Å². The number of carbonyl (C=O) groups is 6. The van der Waals surface area contributed by atoms with Crippen molar-refractivity contribution < 1.29 is 98.0 Å².